The number of thiol groups is 1. The van der Waals surface area contributed by atoms with Crippen LogP contribution in [0.25, 0.3) is 0 Å². The number of nitrogens with zero attached hydrogens (tertiary/aromatic N) is 2. The van der Waals surface area contributed by atoms with Gasteiger partial charge >= 0.3 is 0 Å². The Morgan fingerprint density at radius 2 is 1.86 bits per heavy atom. The lowest BCUT2D eigenvalue weighted by Crippen LogP contribution is -2.54. The normalized spacial score (nSPS) is 20.0. The molecule has 5 rings (SSSR count). The molecule has 1 saturated heterocycles. The molecule has 2 unspecified atom stereocenters. The molecule has 10 heteroatoms. The molecule has 1 fully saturated rings. The van der Waals surface area contributed by atoms with Crippen molar-refractivity contribution in [1.82, 2.24) is 9.29 Å². The predicted molar refractivity (Wildman–Crippen MR) is 140 cm³/mol. The van der Waals surface area contributed by atoms with Crippen molar-refractivity contribution in [2.75, 3.05) is 0 Å². The number of Topliss-reactive ketones (excluding diaryl/α,β-unsaturated/α-hetero) is 1. The second-order valence-corrected chi connectivity index (χ2v) is 10.2. The Labute approximate surface area is 226 Å². The minimum absolute atomic E-state index is 0.0798. The number of rotatable bonds is 5. The summed E-state index contributed by atoms with van der Waals surface area (Å²) in [6.07, 6.45) is -0.0807. The fraction of sp³-hybridized carbons (Fsp3) is 0.115. The highest BCUT2D eigenvalue weighted by atomic mass is 35.5. The molecule has 4 aromatic rings. The summed E-state index contributed by atoms with van der Waals surface area (Å²) in [5.74, 6) is -2.03. The number of amides is 1. The summed E-state index contributed by atoms with van der Waals surface area (Å²) in [5.41, 5.74) is 0.210. The smallest absolute Gasteiger partial charge is 0.248 e. The number of benzene rings is 2. The van der Waals surface area contributed by atoms with Crippen molar-refractivity contribution in [3.63, 3.8) is 0 Å². The van der Waals surface area contributed by atoms with E-state index in [1.165, 1.54) is 27.8 Å². The molecule has 2 atom stereocenters. The second-order valence-electron chi connectivity index (χ2n) is 8.16. The van der Waals surface area contributed by atoms with Crippen LogP contribution in [-0.4, -0.2) is 21.0 Å². The quantitative estimate of drug-likeness (QED) is 0.210. The molecule has 1 amide bonds. The standard InChI is InChI=1S/C26H17Cl2FN2O3S2/c27-18-5-2-1-4-17(18)24-20(32)13-26(31(35)25(24)33,15-10-11-36-14-15)22-6-3-7-23(30-22)34-21-9-8-16(29)12-19(21)28/h1-12,14,24,35H,13H2. The molecular formula is C26H17Cl2FN2O3S2. The summed E-state index contributed by atoms with van der Waals surface area (Å²) in [5, 5.41) is 4.12. The van der Waals surface area contributed by atoms with Crippen LogP contribution in [0.1, 0.15) is 29.2 Å². The Bertz CT molecular complexity index is 1470. The maximum atomic E-state index is 13.7. The third kappa shape index (κ3) is 4.28. The van der Waals surface area contributed by atoms with E-state index in [1.54, 1.807) is 42.5 Å². The number of halogens is 3. The van der Waals surface area contributed by atoms with E-state index in [4.69, 9.17) is 27.9 Å². The zero-order valence-corrected chi connectivity index (χ0v) is 21.6. The summed E-state index contributed by atoms with van der Waals surface area (Å²) in [6, 6.07) is 17.4. The molecule has 1 aliphatic heterocycles. The number of hydrogen-bond acceptors (Lipinski definition) is 6. The number of ketones is 1. The van der Waals surface area contributed by atoms with Gasteiger partial charge in [-0.05, 0) is 58.3 Å². The van der Waals surface area contributed by atoms with E-state index in [2.05, 4.69) is 17.8 Å². The molecule has 1 aliphatic rings. The first-order chi connectivity index (χ1) is 17.3. The largest absolute Gasteiger partial charge is 0.437 e. The number of thiophene rings is 1. The summed E-state index contributed by atoms with van der Waals surface area (Å²) in [4.78, 5) is 31.9. The molecule has 0 spiro atoms. The van der Waals surface area contributed by atoms with Gasteiger partial charge in [0.25, 0.3) is 0 Å². The molecular weight excluding hydrogens is 542 g/mol. The maximum absolute atomic E-state index is 13.7. The first-order valence-electron chi connectivity index (χ1n) is 10.7. The van der Waals surface area contributed by atoms with Crippen molar-refractivity contribution in [2.45, 2.75) is 17.9 Å². The number of hydrogen-bond donors (Lipinski definition) is 1. The van der Waals surface area contributed by atoms with E-state index in [0.717, 1.165) is 6.07 Å². The third-order valence-electron chi connectivity index (χ3n) is 6.04. The van der Waals surface area contributed by atoms with Crippen LogP contribution in [-0.2, 0) is 15.1 Å². The molecule has 0 bridgehead atoms. The van der Waals surface area contributed by atoms with Gasteiger partial charge in [0.2, 0.25) is 11.8 Å². The van der Waals surface area contributed by atoms with Gasteiger partial charge in [0.05, 0.1) is 10.7 Å². The van der Waals surface area contributed by atoms with Crippen molar-refractivity contribution in [1.29, 1.82) is 0 Å². The summed E-state index contributed by atoms with van der Waals surface area (Å²) < 4.78 is 20.5. The number of piperidine rings is 1. The van der Waals surface area contributed by atoms with Crippen LogP contribution in [0.2, 0.25) is 10.0 Å². The predicted octanol–water partition coefficient (Wildman–Crippen LogP) is 7.05. The van der Waals surface area contributed by atoms with Gasteiger partial charge in [0.1, 0.15) is 23.0 Å². The van der Waals surface area contributed by atoms with Crippen LogP contribution in [0.15, 0.2) is 77.5 Å². The zero-order chi connectivity index (χ0) is 25.4. The fourth-order valence-electron chi connectivity index (χ4n) is 4.34. The minimum Gasteiger partial charge on any atom is -0.437 e. The van der Waals surface area contributed by atoms with Gasteiger partial charge in [-0.2, -0.15) is 11.3 Å². The van der Waals surface area contributed by atoms with Crippen LogP contribution < -0.4 is 4.74 Å². The number of ether oxygens (including phenoxy) is 1. The van der Waals surface area contributed by atoms with Crippen molar-refractivity contribution < 1.29 is 18.7 Å². The number of carbonyl (C=O) groups is 2. The lowest BCUT2D eigenvalue weighted by Gasteiger charge is -2.45. The SMILES string of the molecule is O=C1CC(c2ccsc2)(c2cccc(Oc3ccc(F)cc3Cl)n2)N(S)C(=O)C1c1ccccc1Cl. The monoisotopic (exact) mass is 558 g/mol. The molecule has 0 aliphatic carbocycles. The van der Waals surface area contributed by atoms with Gasteiger partial charge in [0, 0.05) is 17.5 Å². The van der Waals surface area contributed by atoms with E-state index in [9.17, 15) is 14.0 Å². The van der Waals surface area contributed by atoms with Crippen molar-refractivity contribution in [2.24, 2.45) is 0 Å². The topological polar surface area (TPSA) is 59.5 Å². The average molecular weight is 559 g/mol. The van der Waals surface area contributed by atoms with Gasteiger partial charge in [-0.3, -0.25) is 13.9 Å². The lowest BCUT2D eigenvalue weighted by molar-refractivity contribution is -0.142. The van der Waals surface area contributed by atoms with E-state index in [0.29, 0.717) is 21.8 Å². The van der Waals surface area contributed by atoms with Crippen molar-refractivity contribution in [3.05, 3.63) is 110 Å². The van der Waals surface area contributed by atoms with Gasteiger partial charge in [-0.1, -0.05) is 60.3 Å². The maximum Gasteiger partial charge on any atom is 0.248 e. The third-order valence-corrected chi connectivity index (χ3v) is 7.90. The van der Waals surface area contributed by atoms with Crippen LogP contribution in [0.3, 0.4) is 0 Å². The minimum atomic E-state index is -1.29. The van der Waals surface area contributed by atoms with Crippen molar-refractivity contribution in [3.8, 4) is 11.6 Å². The summed E-state index contributed by atoms with van der Waals surface area (Å²) in [6.45, 7) is 0. The highest BCUT2D eigenvalue weighted by molar-refractivity contribution is 7.78. The molecule has 36 heavy (non-hydrogen) atoms. The molecule has 3 heterocycles. The van der Waals surface area contributed by atoms with E-state index in [1.807, 2.05) is 16.8 Å². The molecule has 0 N–H and O–H groups in total. The number of carbonyl (C=O) groups excluding carboxylic acids is 2. The van der Waals surface area contributed by atoms with Crippen molar-refractivity contribution >= 4 is 59.0 Å². The molecule has 5 nitrogen and oxygen atoms in total. The van der Waals surface area contributed by atoms with Gasteiger partial charge in [-0.25, -0.2) is 9.37 Å². The first kappa shape index (κ1) is 24.8. The van der Waals surface area contributed by atoms with E-state index in [-0.39, 0.29) is 28.9 Å². The fourth-order valence-corrected chi connectivity index (χ4v) is 5.92. The van der Waals surface area contributed by atoms with Crippen LogP contribution in [0.4, 0.5) is 4.39 Å². The zero-order valence-electron chi connectivity index (χ0n) is 18.4. The van der Waals surface area contributed by atoms with Crippen LogP contribution in [0, 0.1) is 5.82 Å². The molecule has 2 aromatic heterocycles. The Balaban J connectivity index is 1.59. The first-order valence-corrected chi connectivity index (χ1v) is 12.8. The molecule has 2 aromatic carbocycles. The number of pyridine rings is 1. The van der Waals surface area contributed by atoms with E-state index < -0.39 is 23.2 Å². The second kappa shape index (κ2) is 9.86. The Morgan fingerprint density at radius 1 is 1.06 bits per heavy atom. The Hall–Kier alpha value is -2.91. The number of aromatic nitrogens is 1. The van der Waals surface area contributed by atoms with Gasteiger partial charge in [0.15, 0.2) is 5.78 Å². The molecule has 182 valence electrons. The van der Waals surface area contributed by atoms with E-state index >= 15 is 0 Å². The summed E-state index contributed by atoms with van der Waals surface area (Å²) >= 11 is 18.5. The average Bonchev–Trinajstić information content (AvgIpc) is 3.40. The van der Waals surface area contributed by atoms with Gasteiger partial charge < -0.3 is 4.74 Å². The van der Waals surface area contributed by atoms with Crippen LogP contribution in [0.5, 0.6) is 11.6 Å². The summed E-state index contributed by atoms with van der Waals surface area (Å²) in [7, 11) is 0. The highest BCUT2D eigenvalue weighted by Gasteiger charge is 2.53. The van der Waals surface area contributed by atoms with Crippen LogP contribution >= 0.6 is 47.4 Å². The molecule has 0 radical (unpaired) electrons. The molecule has 0 saturated carbocycles. The van der Waals surface area contributed by atoms with Gasteiger partial charge in [-0.15, -0.1) is 0 Å². The Morgan fingerprint density at radius 3 is 2.58 bits per heavy atom. The Kier molecular flexibility index (Phi) is 6.78. The highest BCUT2D eigenvalue weighted by Crippen LogP contribution is 2.48. The lowest BCUT2D eigenvalue weighted by atomic mass is 9.75.